The second-order valence-corrected chi connectivity index (χ2v) is 5.49. The Labute approximate surface area is 114 Å². The Morgan fingerprint density at radius 1 is 1.56 bits per heavy atom. The van der Waals surface area contributed by atoms with Gasteiger partial charge in [-0.3, -0.25) is 4.90 Å². The Hall–Kier alpha value is -0.610. The highest BCUT2D eigenvalue weighted by atomic mass is 35.5. The maximum absolute atomic E-state index is 6.15. The van der Waals surface area contributed by atoms with Crippen LogP contribution in [-0.2, 0) is 11.3 Å². The first kappa shape index (κ1) is 13.8. The minimum absolute atomic E-state index is 0.0782. The summed E-state index contributed by atoms with van der Waals surface area (Å²) in [6.07, 6.45) is 0.139. The zero-order valence-electron chi connectivity index (χ0n) is 11.0. The van der Waals surface area contributed by atoms with E-state index in [4.69, 9.17) is 22.1 Å². The van der Waals surface area contributed by atoms with Crippen molar-refractivity contribution in [2.24, 2.45) is 5.73 Å². The Kier molecular flexibility index (Phi) is 4.62. The van der Waals surface area contributed by atoms with Crippen LogP contribution in [0.5, 0.6) is 0 Å². The van der Waals surface area contributed by atoms with E-state index in [9.17, 15) is 0 Å². The number of halogens is 1. The lowest BCUT2D eigenvalue weighted by molar-refractivity contribution is -0.0403. The summed E-state index contributed by atoms with van der Waals surface area (Å²) in [6.45, 7) is 7.53. The molecular formula is C14H21ClN2O. The van der Waals surface area contributed by atoms with Crippen molar-refractivity contribution in [1.82, 2.24) is 4.90 Å². The van der Waals surface area contributed by atoms with E-state index in [0.717, 1.165) is 36.8 Å². The van der Waals surface area contributed by atoms with Crippen LogP contribution >= 0.6 is 11.6 Å². The number of rotatable bonds is 3. The molecule has 100 valence electrons. The summed E-state index contributed by atoms with van der Waals surface area (Å²) in [5.74, 6) is 0. The fourth-order valence-corrected chi connectivity index (χ4v) is 2.39. The predicted molar refractivity (Wildman–Crippen MR) is 74.9 cm³/mol. The van der Waals surface area contributed by atoms with E-state index in [2.05, 4.69) is 17.0 Å². The van der Waals surface area contributed by atoms with Crippen molar-refractivity contribution in [2.75, 3.05) is 19.7 Å². The van der Waals surface area contributed by atoms with Crippen LogP contribution in [0.3, 0.4) is 0 Å². The van der Waals surface area contributed by atoms with E-state index in [0.29, 0.717) is 0 Å². The zero-order chi connectivity index (χ0) is 13.1. The van der Waals surface area contributed by atoms with E-state index >= 15 is 0 Å². The molecule has 0 aliphatic carbocycles. The molecule has 2 rings (SSSR count). The van der Waals surface area contributed by atoms with E-state index < -0.39 is 0 Å². The molecule has 4 heteroatoms. The number of nitrogens with zero attached hydrogens (tertiary/aromatic N) is 1. The van der Waals surface area contributed by atoms with Gasteiger partial charge >= 0.3 is 0 Å². The SMILES string of the molecule is Cc1ccc(CN2CCOC(C(C)N)C2)cc1Cl. The van der Waals surface area contributed by atoms with Gasteiger partial charge in [0.25, 0.3) is 0 Å². The van der Waals surface area contributed by atoms with Gasteiger partial charge in [0.15, 0.2) is 0 Å². The van der Waals surface area contributed by atoms with E-state index in [1.807, 2.05) is 19.9 Å². The van der Waals surface area contributed by atoms with Gasteiger partial charge in [0, 0.05) is 30.7 Å². The third kappa shape index (κ3) is 3.45. The molecule has 1 aliphatic heterocycles. The summed E-state index contributed by atoms with van der Waals surface area (Å²) in [5, 5.41) is 0.838. The van der Waals surface area contributed by atoms with Crippen molar-refractivity contribution in [3.8, 4) is 0 Å². The van der Waals surface area contributed by atoms with Gasteiger partial charge in [-0.05, 0) is 31.0 Å². The third-order valence-electron chi connectivity index (χ3n) is 3.41. The van der Waals surface area contributed by atoms with Crippen molar-refractivity contribution in [3.63, 3.8) is 0 Å². The van der Waals surface area contributed by atoms with E-state index in [1.54, 1.807) is 0 Å². The number of ether oxygens (including phenoxy) is 1. The molecule has 1 heterocycles. The molecule has 1 aromatic rings. The lowest BCUT2D eigenvalue weighted by Crippen LogP contribution is -2.49. The number of aryl methyl sites for hydroxylation is 1. The average Bonchev–Trinajstić information content (AvgIpc) is 2.34. The summed E-state index contributed by atoms with van der Waals surface area (Å²) in [5.41, 5.74) is 8.26. The molecule has 0 aromatic heterocycles. The van der Waals surface area contributed by atoms with E-state index in [1.165, 1.54) is 5.56 Å². The van der Waals surface area contributed by atoms with Crippen LogP contribution in [0.4, 0.5) is 0 Å². The highest BCUT2D eigenvalue weighted by Gasteiger charge is 2.23. The Morgan fingerprint density at radius 3 is 3.00 bits per heavy atom. The van der Waals surface area contributed by atoms with Crippen LogP contribution < -0.4 is 5.73 Å². The second-order valence-electron chi connectivity index (χ2n) is 5.09. The molecule has 3 nitrogen and oxygen atoms in total. The molecular weight excluding hydrogens is 248 g/mol. The Bertz CT molecular complexity index is 409. The van der Waals surface area contributed by atoms with Crippen molar-refractivity contribution in [3.05, 3.63) is 34.3 Å². The highest BCUT2D eigenvalue weighted by Crippen LogP contribution is 2.19. The maximum atomic E-state index is 6.15. The van der Waals surface area contributed by atoms with E-state index in [-0.39, 0.29) is 12.1 Å². The quantitative estimate of drug-likeness (QED) is 0.913. The molecule has 18 heavy (non-hydrogen) atoms. The minimum atomic E-state index is 0.0782. The van der Waals surface area contributed by atoms with Crippen LogP contribution in [-0.4, -0.2) is 36.7 Å². The Balaban J connectivity index is 1.98. The molecule has 0 amide bonds. The molecule has 0 radical (unpaired) electrons. The van der Waals surface area contributed by atoms with Crippen molar-refractivity contribution in [2.45, 2.75) is 32.5 Å². The van der Waals surface area contributed by atoms with Crippen LogP contribution in [0.25, 0.3) is 0 Å². The van der Waals surface area contributed by atoms with Crippen LogP contribution in [0.15, 0.2) is 18.2 Å². The predicted octanol–water partition coefficient (Wildman–Crippen LogP) is 2.20. The molecule has 2 N–H and O–H groups in total. The summed E-state index contributed by atoms with van der Waals surface area (Å²) in [6, 6.07) is 6.33. The first-order valence-corrected chi connectivity index (χ1v) is 6.78. The van der Waals surface area contributed by atoms with Gasteiger partial charge in [-0.25, -0.2) is 0 Å². The Morgan fingerprint density at radius 2 is 2.33 bits per heavy atom. The average molecular weight is 269 g/mol. The fourth-order valence-electron chi connectivity index (χ4n) is 2.19. The van der Waals surface area contributed by atoms with Gasteiger partial charge in [-0.1, -0.05) is 23.7 Å². The van der Waals surface area contributed by atoms with Gasteiger partial charge < -0.3 is 10.5 Å². The van der Waals surface area contributed by atoms with Gasteiger partial charge in [-0.15, -0.1) is 0 Å². The van der Waals surface area contributed by atoms with Gasteiger partial charge in [-0.2, -0.15) is 0 Å². The largest absolute Gasteiger partial charge is 0.374 e. The zero-order valence-corrected chi connectivity index (χ0v) is 11.8. The first-order valence-electron chi connectivity index (χ1n) is 6.41. The van der Waals surface area contributed by atoms with Crippen LogP contribution in [0.2, 0.25) is 5.02 Å². The molecule has 0 bridgehead atoms. The molecule has 0 saturated carbocycles. The van der Waals surface area contributed by atoms with Crippen LogP contribution in [0, 0.1) is 6.92 Å². The lowest BCUT2D eigenvalue weighted by Gasteiger charge is -2.34. The minimum Gasteiger partial charge on any atom is -0.374 e. The number of hydrogen-bond donors (Lipinski definition) is 1. The summed E-state index contributed by atoms with van der Waals surface area (Å²) in [4.78, 5) is 2.37. The fraction of sp³-hybridized carbons (Fsp3) is 0.571. The van der Waals surface area contributed by atoms with Crippen molar-refractivity contribution < 1.29 is 4.74 Å². The normalized spacial score (nSPS) is 23.0. The first-order chi connectivity index (χ1) is 8.56. The molecule has 2 atom stereocenters. The number of hydrogen-bond acceptors (Lipinski definition) is 3. The number of nitrogens with two attached hydrogens (primary N) is 1. The van der Waals surface area contributed by atoms with Gasteiger partial charge in [0.05, 0.1) is 12.7 Å². The molecule has 0 spiro atoms. The van der Waals surface area contributed by atoms with Crippen molar-refractivity contribution in [1.29, 1.82) is 0 Å². The number of morpholine rings is 1. The summed E-state index contributed by atoms with van der Waals surface area (Å²) >= 11 is 6.15. The smallest absolute Gasteiger partial charge is 0.0850 e. The van der Waals surface area contributed by atoms with Gasteiger partial charge in [0.2, 0.25) is 0 Å². The highest BCUT2D eigenvalue weighted by molar-refractivity contribution is 6.31. The van der Waals surface area contributed by atoms with Gasteiger partial charge in [0.1, 0.15) is 0 Å². The molecule has 1 fully saturated rings. The lowest BCUT2D eigenvalue weighted by atomic mass is 10.1. The molecule has 1 saturated heterocycles. The van der Waals surface area contributed by atoms with Crippen LogP contribution in [0.1, 0.15) is 18.1 Å². The monoisotopic (exact) mass is 268 g/mol. The molecule has 1 aromatic carbocycles. The number of benzene rings is 1. The summed E-state index contributed by atoms with van der Waals surface area (Å²) in [7, 11) is 0. The third-order valence-corrected chi connectivity index (χ3v) is 3.81. The molecule has 2 unspecified atom stereocenters. The topological polar surface area (TPSA) is 38.5 Å². The maximum Gasteiger partial charge on any atom is 0.0850 e. The summed E-state index contributed by atoms with van der Waals surface area (Å²) < 4.78 is 5.66. The molecule has 1 aliphatic rings. The van der Waals surface area contributed by atoms with Crippen molar-refractivity contribution >= 4 is 11.6 Å². The standard InChI is InChI=1S/C14H21ClN2O/c1-10-3-4-12(7-13(10)15)8-17-5-6-18-14(9-17)11(2)16/h3-4,7,11,14H,5-6,8-9,16H2,1-2H3. The second kappa shape index (κ2) is 6.02.